The van der Waals surface area contributed by atoms with E-state index < -0.39 is 133 Å². The highest BCUT2D eigenvalue weighted by Crippen LogP contribution is 2.23. The summed E-state index contributed by atoms with van der Waals surface area (Å²) in [6.07, 6.45) is 6.40. The van der Waals surface area contributed by atoms with E-state index in [0.29, 0.717) is 38.6 Å². The van der Waals surface area contributed by atoms with E-state index in [-0.39, 0.29) is 56.7 Å². The minimum atomic E-state index is -1.17. The van der Waals surface area contributed by atoms with Crippen LogP contribution in [0.5, 0.6) is 0 Å². The van der Waals surface area contributed by atoms with Gasteiger partial charge in [0.15, 0.2) is 31.1 Å². The van der Waals surface area contributed by atoms with Crippen molar-refractivity contribution in [2.75, 3.05) is 60.8 Å². The average molecular weight is 1560 g/mol. The number of aliphatic carboxylic acids is 1. The van der Waals surface area contributed by atoms with Crippen LogP contribution in [0.3, 0.4) is 0 Å². The molecule has 3 aromatic carbocycles. The molecule has 27 N–H and O–H groups in total. The van der Waals surface area contributed by atoms with E-state index in [2.05, 4.69) is 66.2 Å². The third kappa shape index (κ3) is 36.9. The molecule has 6 rings (SSSR count). The lowest BCUT2D eigenvalue weighted by atomic mass is 10.0. The Bertz CT molecular complexity index is 4100. The lowest BCUT2D eigenvalue weighted by Gasteiger charge is -2.22. The molecule has 0 aliphatic rings. The molecule has 6 aromatic rings. The number of aromatic amines is 3. The molecule has 41 heteroatoms. The monoisotopic (exact) mass is 1560 g/mol. The molecule has 6 atom stereocenters. The van der Waals surface area contributed by atoms with Gasteiger partial charge in [0.05, 0.1) is 27.4 Å². The van der Waals surface area contributed by atoms with E-state index in [9.17, 15) is 52.7 Å². The molecule has 111 heavy (non-hydrogen) atoms. The normalized spacial score (nSPS) is 12.5. The van der Waals surface area contributed by atoms with Crippen LogP contribution in [0.25, 0.3) is 32.7 Å². The summed E-state index contributed by atoms with van der Waals surface area (Å²) in [6.45, 7) is 9.37. The minimum Gasteiger partial charge on any atom is -0.479 e. The number of ether oxygens (including phenoxy) is 5. The van der Waals surface area contributed by atoms with Crippen molar-refractivity contribution in [2.24, 2.45) is 61.0 Å². The number of benzene rings is 3. The van der Waals surface area contributed by atoms with E-state index in [1.54, 1.807) is 53.9 Å². The number of hydroxylamine groups is 2. The lowest BCUT2D eigenvalue weighted by Crippen LogP contribution is -2.53. The molecule has 0 fully saturated rings. The number of esters is 3. The van der Waals surface area contributed by atoms with Crippen LogP contribution in [0.1, 0.15) is 96.8 Å². The van der Waals surface area contributed by atoms with Crippen LogP contribution in [0.15, 0.2) is 106 Å². The number of hydrogen-bond donors (Lipinski definition) is 19. The van der Waals surface area contributed by atoms with Gasteiger partial charge in [0.1, 0.15) is 48.0 Å². The van der Waals surface area contributed by atoms with Crippen molar-refractivity contribution in [1.29, 1.82) is 0 Å². The number of carbonyl (C=O) groups is 11. The Balaban J connectivity index is 0.000000404. The van der Waals surface area contributed by atoms with Crippen molar-refractivity contribution < 1.29 is 96.0 Å². The average Bonchev–Trinajstić information content (AvgIpc) is 1.63. The number of fused-ring (bicyclic) bond motifs is 3. The van der Waals surface area contributed by atoms with Crippen LogP contribution in [-0.4, -0.2) is 212 Å². The molecule has 0 bridgehead atoms. The van der Waals surface area contributed by atoms with Gasteiger partial charge >= 0.3 is 36.1 Å². The van der Waals surface area contributed by atoms with Crippen LogP contribution >= 0.6 is 0 Å². The molecule has 0 aliphatic carbocycles. The number of carbonyl (C=O) groups excluding carboxylic acids is 10. The summed E-state index contributed by atoms with van der Waals surface area (Å²) in [6, 6.07) is 17.2. The first-order valence-corrected chi connectivity index (χ1v) is 34.5. The molecule has 3 aromatic heterocycles. The van der Waals surface area contributed by atoms with Gasteiger partial charge in [0, 0.05) is 83.8 Å². The van der Waals surface area contributed by atoms with E-state index in [1.807, 2.05) is 90.0 Å². The summed E-state index contributed by atoms with van der Waals surface area (Å²) in [4.78, 5) is 167. The van der Waals surface area contributed by atoms with Crippen molar-refractivity contribution in [3.8, 4) is 0 Å². The standard InChI is InChI=1S/C25H37N7O7.C20H29N7O5.C18H26N6O3.C7H13NO5/c1-25(2,3)39-24(36)32-38-14-20(33)30-19(12-15-13-29-17-9-6-5-8-16(15)17)21(34)31-18(22(35)37-4)10-7-11-28-23(26)27;1-31-19(30)15(7-4-8-24-20(21)22)27-18(29)16(26-17(28)11-32-23)9-12-10-25-14-6-3-2-5-13(12)14;1-27-17(26)15(7-4-8-22-18(20)21)24-16(25)13(19)9-11-10-23-14-6-3-2-5-12(11)14;1-7(2,3)13-6(11)8-12-4-5(9)10/h5-6,8-9,13,18-19,29H,7,10-12,14H2,1-4H3,(H,30,33)(H,31,34)(H,32,36)(H4,26,27,28);2-3,5-6,10,15-16,25H,4,7-9,11,23H2,1H3,(H,26,28)(H,27,29)(H4,21,22,24);2-3,5-6,10,13,15,23H,4,7-9,19H2,1H3,(H,24,25)(H4,20,21,22);4H2,1-3H3,(H,8,11)(H,9,10). The zero-order valence-electron chi connectivity index (χ0n) is 63.4. The molecule has 0 spiro atoms. The number of H-pyrrole nitrogens is 3. The number of aliphatic imine (C=N–C) groups is 3. The highest BCUT2D eigenvalue weighted by atomic mass is 16.7. The van der Waals surface area contributed by atoms with Gasteiger partial charge in [-0.2, -0.15) is 11.0 Å². The highest BCUT2D eigenvalue weighted by Gasteiger charge is 2.31. The molecule has 0 saturated carbocycles. The van der Waals surface area contributed by atoms with Crippen molar-refractivity contribution in [1.82, 2.24) is 52.5 Å². The summed E-state index contributed by atoms with van der Waals surface area (Å²) in [7, 11) is 3.70. The van der Waals surface area contributed by atoms with Crippen LogP contribution in [0.2, 0.25) is 0 Å². The van der Waals surface area contributed by atoms with Gasteiger partial charge in [0.25, 0.3) is 0 Å². The highest BCUT2D eigenvalue weighted by molar-refractivity contribution is 5.94. The maximum absolute atomic E-state index is 13.3. The Hall–Kier alpha value is -12.3. The fourth-order valence-electron chi connectivity index (χ4n) is 10.1. The van der Waals surface area contributed by atoms with E-state index in [1.165, 1.54) is 21.3 Å². The number of rotatable bonds is 37. The second kappa shape index (κ2) is 48.1. The number of para-hydroxylation sites is 3. The van der Waals surface area contributed by atoms with Crippen LogP contribution < -0.4 is 83.6 Å². The molecule has 0 aliphatic heterocycles. The van der Waals surface area contributed by atoms with E-state index in [4.69, 9.17) is 79.7 Å². The zero-order valence-corrected chi connectivity index (χ0v) is 63.4. The molecule has 0 saturated heterocycles. The van der Waals surface area contributed by atoms with Gasteiger partial charge in [-0.25, -0.2) is 34.7 Å². The largest absolute Gasteiger partial charge is 0.479 e. The maximum Gasteiger partial charge on any atom is 0.431 e. The van der Waals surface area contributed by atoms with Crippen LogP contribution in [0, 0.1) is 0 Å². The Morgan fingerprint density at radius 2 is 0.757 bits per heavy atom. The van der Waals surface area contributed by atoms with Gasteiger partial charge in [-0.3, -0.25) is 53.5 Å². The first-order chi connectivity index (χ1) is 52.5. The number of nitrogens with two attached hydrogens (primary N) is 8. The van der Waals surface area contributed by atoms with Crippen molar-refractivity contribution >= 4 is 116 Å². The molecule has 3 heterocycles. The van der Waals surface area contributed by atoms with E-state index >= 15 is 0 Å². The topological polar surface area (TPSA) is 659 Å². The number of nitrogens with one attached hydrogen (secondary N) is 10. The number of carboxylic acids is 1. The Morgan fingerprint density at radius 3 is 1.07 bits per heavy atom. The number of amides is 7. The second-order valence-electron chi connectivity index (χ2n) is 26.1. The lowest BCUT2D eigenvalue weighted by molar-refractivity contribution is -0.146. The summed E-state index contributed by atoms with van der Waals surface area (Å²) in [5, 5.41) is 24.1. The van der Waals surface area contributed by atoms with Gasteiger partial charge in [-0.15, -0.1) is 0 Å². The number of hydrogen-bond acceptors (Lipinski definition) is 24. The quantitative estimate of drug-likeness (QED) is 0.00580. The number of methoxy groups -OCH3 is 3. The van der Waals surface area contributed by atoms with Crippen molar-refractivity contribution in [3.05, 3.63) is 108 Å². The maximum atomic E-state index is 13.3. The third-order valence-electron chi connectivity index (χ3n) is 14.9. The van der Waals surface area contributed by atoms with Gasteiger partial charge in [-0.1, -0.05) is 54.6 Å². The predicted octanol–water partition coefficient (Wildman–Crippen LogP) is -0.564. The number of aromatic nitrogens is 3. The fraction of sp³-hybridized carbons (Fsp3) is 0.457. The number of guanidine groups is 3. The molecular weight excluding hydrogens is 1450 g/mol. The summed E-state index contributed by atoms with van der Waals surface area (Å²) in [5.41, 5.74) is 45.5. The Kier molecular flexibility index (Phi) is 40.3. The zero-order chi connectivity index (χ0) is 82.8. The number of nitrogens with zero attached hydrogens (tertiary/aromatic N) is 3. The molecule has 6 unspecified atom stereocenters. The van der Waals surface area contributed by atoms with Crippen LogP contribution in [0.4, 0.5) is 9.59 Å². The third-order valence-corrected chi connectivity index (χ3v) is 14.9. The summed E-state index contributed by atoms with van der Waals surface area (Å²) < 4.78 is 24.2. The SMILES string of the molecule is CC(C)(C)OC(=O)NOCC(=O)O.COC(=O)C(CCCN=C(N)N)NC(=O)C(Cc1c[nH]c2ccccc12)NC(=O)CON.COC(=O)C(CCCN=C(N)N)NC(=O)C(Cc1c[nH]c2ccccc12)NC(=O)CONC(=O)OC(C)(C)C.COC(=O)C(CCCN=C(N)N)NC(=O)C(N)Cc1c[nH]c2ccccc12. The molecule has 41 nitrogen and oxygen atoms in total. The smallest absolute Gasteiger partial charge is 0.431 e. The van der Waals surface area contributed by atoms with Crippen LogP contribution in [-0.2, 0) is 101 Å². The number of carboxylic acid groups (broad SMARTS) is 1. The minimum absolute atomic E-state index is 0.0191. The molecule has 0 radical (unpaired) electrons. The first kappa shape index (κ1) is 92.9. The molecule has 7 amide bonds. The Morgan fingerprint density at radius 1 is 0.441 bits per heavy atom. The second-order valence-corrected chi connectivity index (χ2v) is 26.1. The van der Waals surface area contributed by atoms with Crippen molar-refractivity contribution in [2.45, 2.75) is 147 Å². The van der Waals surface area contributed by atoms with Gasteiger partial charge in [-0.05, 0) is 121 Å². The predicted molar refractivity (Wildman–Crippen MR) is 408 cm³/mol. The van der Waals surface area contributed by atoms with Gasteiger partial charge < -0.3 is 110 Å². The molecule has 610 valence electrons. The van der Waals surface area contributed by atoms with Gasteiger partial charge in [0.2, 0.25) is 29.5 Å². The molecular formula is C70H105N21O20. The summed E-state index contributed by atoms with van der Waals surface area (Å²) in [5.74, 6) is -1.04. The summed E-state index contributed by atoms with van der Waals surface area (Å²) >= 11 is 0. The Labute approximate surface area is 639 Å². The van der Waals surface area contributed by atoms with Crippen molar-refractivity contribution in [3.63, 3.8) is 0 Å². The fourth-order valence-corrected chi connectivity index (χ4v) is 10.1. The first-order valence-electron chi connectivity index (χ1n) is 34.5. The van der Waals surface area contributed by atoms with E-state index in [0.717, 1.165) is 49.4 Å².